The summed E-state index contributed by atoms with van der Waals surface area (Å²) in [5.74, 6) is 0.955. The van der Waals surface area contributed by atoms with Crippen LogP contribution in [0.15, 0.2) is 47.7 Å². The highest BCUT2D eigenvalue weighted by Gasteiger charge is 2.42. The number of fused-ring (bicyclic) bond motifs is 2. The standard InChI is InChI=1S/C23H23N7O2S/c1-27-9-15(7-25-27)22(31)30-12-16-10-29(11-17(16)13-30)18-6-19(26-24-8-18)14-3-4-20-21(5-14)33-23(32)28(20)2/h3-9,16-17H,10-13H2,1-2H3/t16-,17-/m1/s1. The fourth-order valence-electron chi connectivity index (χ4n) is 5.05. The number of hydrogen-bond acceptors (Lipinski definition) is 7. The topological polar surface area (TPSA) is 89.2 Å². The van der Waals surface area contributed by atoms with Gasteiger partial charge in [0, 0.05) is 63.9 Å². The first kappa shape index (κ1) is 20.1. The van der Waals surface area contributed by atoms with Crippen LogP contribution in [0.2, 0.25) is 0 Å². The van der Waals surface area contributed by atoms with Crippen molar-refractivity contribution in [2.75, 3.05) is 31.1 Å². The molecular formula is C23H23N7O2S. The van der Waals surface area contributed by atoms with Gasteiger partial charge in [0.15, 0.2) is 0 Å². The van der Waals surface area contributed by atoms with Crippen molar-refractivity contribution in [2.45, 2.75) is 0 Å². The average molecular weight is 462 g/mol. The van der Waals surface area contributed by atoms with E-state index in [9.17, 15) is 9.59 Å². The predicted molar refractivity (Wildman–Crippen MR) is 126 cm³/mol. The number of anilines is 1. The Bertz CT molecular complexity index is 1420. The van der Waals surface area contributed by atoms with Gasteiger partial charge < -0.3 is 14.4 Å². The van der Waals surface area contributed by atoms with Crippen molar-refractivity contribution in [3.05, 3.63) is 58.1 Å². The van der Waals surface area contributed by atoms with Gasteiger partial charge in [0.2, 0.25) is 0 Å². The summed E-state index contributed by atoms with van der Waals surface area (Å²) in [7, 11) is 3.61. The molecule has 10 heteroatoms. The maximum atomic E-state index is 12.8. The summed E-state index contributed by atoms with van der Waals surface area (Å²) >= 11 is 1.24. The van der Waals surface area contributed by atoms with Crippen LogP contribution in [-0.4, -0.2) is 61.5 Å². The van der Waals surface area contributed by atoms with Gasteiger partial charge in [-0.05, 0) is 18.2 Å². The Morgan fingerprint density at radius 3 is 2.58 bits per heavy atom. The lowest BCUT2D eigenvalue weighted by Gasteiger charge is -2.23. The van der Waals surface area contributed by atoms with E-state index in [1.54, 1.807) is 28.7 Å². The Labute approximate surface area is 193 Å². The molecule has 2 saturated heterocycles. The van der Waals surface area contributed by atoms with Gasteiger partial charge in [0.1, 0.15) is 0 Å². The van der Waals surface area contributed by atoms with Crippen LogP contribution >= 0.6 is 11.3 Å². The second-order valence-electron chi connectivity index (χ2n) is 8.95. The molecule has 0 spiro atoms. The average Bonchev–Trinajstić information content (AvgIpc) is 3.57. The minimum atomic E-state index is 0.0293. The number of likely N-dealkylation sites (tertiary alicyclic amines) is 1. The monoisotopic (exact) mass is 461 g/mol. The third-order valence-corrected chi connectivity index (χ3v) is 7.81. The van der Waals surface area contributed by atoms with Crippen molar-refractivity contribution < 1.29 is 4.79 Å². The van der Waals surface area contributed by atoms with E-state index in [1.165, 1.54) is 11.3 Å². The van der Waals surface area contributed by atoms with E-state index >= 15 is 0 Å². The van der Waals surface area contributed by atoms with Crippen LogP contribution in [0.25, 0.3) is 21.5 Å². The third-order valence-electron chi connectivity index (χ3n) is 6.82. The molecule has 0 aliphatic carbocycles. The van der Waals surface area contributed by atoms with Crippen LogP contribution in [0.3, 0.4) is 0 Å². The zero-order valence-electron chi connectivity index (χ0n) is 18.4. The summed E-state index contributed by atoms with van der Waals surface area (Å²) in [4.78, 5) is 29.1. The Hall–Kier alpha value is -3.53. The highest BCUT2D eigenvalue weighted by atomic mass is 32.1. The van der Waals surface area contributed by atoms with Gasteiger partial charge in [-0.2, -0.15) is 15.3 Å². The zero-order chi connectivity index (χ0) is 22.7. The number of nitrogens with zero attached hydrogens (tertiary/aromatic N) is 7. The van der Waals surface area contributed by atoms with Gasteiger partial charge in [0.05, 0.1) is 39.6 Å². The normalized spacial score (nSPS) is 20.1. The Morgan fingerprint density at radius 2 is 1.85 bits per heavy atom. The molecule has 5 heterocycles. The Kier molecular flexibility index (Phi) is 4.58. The Morgan fingerprint density at radius 1 is 1.06 bits per heavy atom. The van der Waals surface area contributed by atoms with E-state index in [0.717, 1.165) is 53.3 Å². The fraction of sp³-hybridized carbons (Fsp3) is 0.348. The molecule has 1 aromatic carbocycles. The maximum absolute atomic E-state index is 12.8. The van der Waals surface area contributed by atoms with Gasteiger partial charge in [0.25, 0.3) is 5.91 Å². The van der Waals surface area contributed by atoms with Crippen molar-refractivity contribution in [3.8, 4) is 11.3 Å². The van der Waals surface area contributed by atoms with Gasteiger partial charge >= 0.3 is 4.87 Å². The minimum absolute atomic E-state index is 0.0293. The van der Waals surface area contributed by atoms with Crippen LogP contribution < -0.4 is 9.77 Å². The van der Waals surface area contributed by atoms with E-state index < -0.39 is 0 Å². The molecule has 1 amide bonds. The molecular weight excluding hydrogens is 438 g/mol. The summed E-state index contributed by atoms with van der Waals surface area (Å²) in [6.07, 6.45) is 5.22. The van der Waals surface area contributed by atoms with Crippen molar-refractivity contribution in [3.63, 3.8) is 0 Å². The molecule has 2 fully saturated rings. The highest BCUT2D eigenvalue weighted by Crippen LogP contribution is 2.35. The Balaban J connectivity index is 1.19. The lowest BCUT2D eigenvalue weighted by atomic mass is 10.0. The quantitative estimate of drug-likeness (QED) is 0.464. The van der Waals surface area contributed by atoms with Crippen LogP contribution in [0.4, 0.5) is 5.69 Å². The summed E-state index contributed by atoms with van der Waals surface area (Å²) in [6.45, 7) is 3.33. The number of aromatic nitrogens is 5. The number of amides is 1. The maximum Gasteiger partial charge on any atom is 0.307 e. The zero-order valence-corrected chi connectivity index (χ0v) is 19.2. The van der Waals surface area contributed by atoms with E-state index in [4.69, 9.17) is 0 Å². The van der Waals surface area contributed by atoms with Crippen LogP contribution in [0.1, 0.15) is 10.4 Å². The molecule has 9 nitrogen and oxygen atoms in total. The molecule has 6 rings (SSSR count). The molecule has 168 valence electrons. The molecule has 0 saturated carbocycles. The number of carbonyl (C=O) groups excluding carboxylic acids is 1. The fourth-order valence-corrected chi connectivity index (χ4v) is 5.97. The molecule has 4 aromatic rings. The lowest BCUT2D eigenvalue weighted by molar-refractivity contribution is 0.0782. The summed E-state index contributed by atoms with van der Waals surface area (Å²) in [5.41, 5.74) is 4.36. The molecule has 0 N–H and O–H groups in total. The smallest absolute Gasteiger partial charge is 0.307 e. The van der Waals surface area contributed by atoms with Crippen molar-refractivity contribution >= 4 is 33.1 Å². The summed E-state index contributed by atoms with van der Waals surface area (Å²) in [6, 6.07) is 8.03. The largest absolute Gasteiger partial charge is 0.369 e. The van der Waals surface area contributed by atoms with Gasteiger partial charge in [-0.3, -0.25) is 14.3 Å². The molecule has 0 unspecified atom stereocenters. The van der Waals surface area contributed by atoms with Crippen molar-refractivity contribution in [1.82, 2.24) is 29.4 Å². The first-order valence-electron chi connectivity index (χ1n) is 10.9. The number of thiazole rings is 1. The van der Waals surface area contributed by atoms with Gasteiger partial charge in [-0.25, -0.2) is 0 Å². The second-order valence-corrected chi connectivity index (χ2v) is 9.94. The van der Waals surface area contributed by atoms with Crippen LogP contribution in [0.5, 0.6) is 0 Å². The molecule has 0 bridgehead atoms. The van der Waals surface area contributed by atoms with E-state index in [1.807, 2.05) is 36.3 Å². The van der Waals surface area contributed by atoms with Crippen molar-refractivity contribution in [1.29, 1.82) is 0 Å². The third kappa shape index (κ3) is 3.41. The van der Waals surface area contributed by atoms with Crippen LogP contribution in [-0.2, 0) is 14.1 Å². The van der Waals surface area contributed by atoms with Crippen molar-refractivity contribution in [2.24, 2.45) is 25.9 Å². The summed E-state index contributed by atoms with van der Waals surface area (Å²) in [5, 5.41) is 12.7. The van der Waals surface area contributed by atoms with Gasteiger partial charge in [-0.1, -0.05) is 17.4 Å². The summed E-state index contributed by atoms with van der Waals surface area (Å²) < 4.78 is 4.27. The molecule has 0 radical (unpaired) electrons. The molecule has 3 aromatic heterocycles. The van der Waals surface area contributed by atoms with Crippen LogP contribution in [0, 0.1) is 11.8 Å². The molecule has 2 atom stereocenters. The molecule has 2 aliphatic heterocycles. The predicted octanol–water partition coefficient (Wildman–Crippen LogP) is 2.00. The highest BCUT2D eigenvalue weighted by molar-refractivity contribution is 7.16. The lowest BCUT2D eigenvalue weighted by Crippen LogP contribution is -2.33. The van der Waals surface area contributed by atoms with E-state index in [2.05, 4.69) is 26.3 Å². The van der Waals surface area contributed by atoms with E-state index in [0.29, 0.717) is 17.4 Å². The molecule has 2 aliphatic rings. The molecule has 33 heavy (non-hydrogen) atoms. The minimum Gasteiger partial charge on any atom is -0.369 e. The first-order chi connectivity index (χ1) is 16.0. The SMILES string of the molecule is Cn1cc(C(=O)N2C[C@H]3CN(c4cnnc(-c5ccc6c(c5)sc(=O)n6C)c4)C[C@@H]3C2)cn1. The first-order valence-corrected chi connectivity index (χ1v) is 11.7. The van der Waals surface area contributed by atoms with E-state index in [-0.39, 0.29) is 10.8 Å². The second kappa shape index (κ2) is 7.51. The number of benzene rings is 1. The number of carbonyl (C=O) groups is 1. The number of aryl methyl sites for hydroxylation is 2. The number of rotatable bonds is 3. The van der Waals surface area contributed by atoms with Gasteiger partial charge in [-0.15, -0.1) is 0 Å². The number of hydrogen-bond donors (Lipinski definition) is 0.